The molecular formula is C21H21N3O2S. The predicted octanol–water partition coefficient (Wildman–Crippen LogP) is 4.06. The molecule has 1 amide bonds. The van der Waals surface area contributed by atoms with Crippen LogP contribution >= 0.6 is 11.3 Å². The minimum Gasteiger partial charge on any atom is -0.362 e. The summed E-state index contributed by atoms with van der Waals surface area (Å²) in [6.07, 6.45) is 3.87. The fourth-order valence-electron chi connectivity index (χ4n) is 3.85. The van der Waals surface area contributed by atoms with Gasteiger partial charge in [0.05, 0.1) is 5.92 Å². The Balaban J connectivity index is 1.80. The molecule has 27 heavy (non-hydrogen) atoms. The maximum atomic E-state index is 13.2. The van der Waals surface area contributed by atoms with E-state index in [0.29, 0.717) is 17.8 Å². The lowest BCUT2D eigenvalue weighted by Crippen LogP contribution is -2.35. The molecule has 0 fully saturated rings. The van der Waals surface area contributed by atoms with Gasteiger partial charge in [0.2, 0.25) is 0 Å². The zero-order chi connectivity index (χ0) is 19.0. The number of anilines is 1. The minimum absolute atomic E-state index is 0.136. The van der Waals surface area contributed by atoms with E-state index in [1.165, 1.54) is 0 Å². The summed E-state index contributed by atoms with van der Waals surface area (Å²) < 4.78 is 0. The zero-order valence-electron chi connectivity index (χ0n) is 15.3. The molecule has 6 heteroatoms. The van der Waals surface area contributed by atoms with Crippen LogP contribution in [0.15, 0.2) is 58.4 Å². The Labute approximate surface area is 162 Å². The third-order valence-electron chi connectivity index (χ3n) is 5.09. The molecule has 0 bridgehead atoms. The fourth-order valence-corrected chi connectivity index (χ4v) is 4.89. The van der Waals surface area contributed by atoms with Crippen molar-refractivity contribution >= 4 is 28.8 Å². The van der Waals surface area contributed by atoms with Gasteiger partial charge in [0.25, 0.3) is 5.91 Å². The van der Waals surface area contributed by atoms with Gasteiger partial charge in [0.15, 0.2) is 5.78 Å². The van der Waals surface area contributed by atoms with E-state index in [0.717, 1.165) is 40.2 Å². The van der Waals surface area contributed by atoms with Crippen molar-refractivity contribution in [2.45, 2.75) is 39.0 Å². The highest BCUT2D eigenvalue weighted by Crippen LogP contribution is 2.44. The van der Waals surface area contributed by atoms with Crippen LogP contribution < -0.4 is 10.6 Å². The van der Waals surface area contributed by atoms with E-state index in [2.05, 4.69) is 15.6 Å². The lowest BCUT2D eigenvalue weighted by molar-refractivity contribution is -0.116. The lowest BCUT2D eigenvalue weighted by Gasteiger charge is -2.34. The van der Waals surface area contributed by atoms with E-state index in [9.17, 15) is 9.59 Å². The third kappa shape index (κ3) is 3.21. The van der Waals surface area contributed by atoms with Crippen LogP contribution in [0.4, 0.5) is 5.82 Å². The van der Waals surface area contributed by atoms with Gasteiger partial charge in [0, 0.05) is 40.0 Å². The van der Waals surface area contributed by atoms with Gasteiger partial charge >= 0.3 is 0 Å². The number of carbonyl (C=O) groups excluding carboxylic acids is 2. The minimum atomic E-state index is -0.322. The second kappa shape index (κ2) is 7.12. The smallest absolute Gasteiger partial charge is 0.255 e. The van der Waals surface area contributed by atoms with Crippen LogP contribution in [0.25, 0.3) is 0 Å². The van der Waals surface area contributed by atoms with Gasteiger partial charge in [-0.15, -0.1) is 11.3 Å². The van der Waals surface area contributed by atoms with Gasteiger partial charge in [0.1, 0.15) is 5.82 Å². The Bertz CT molecular complexity index is 972. The van der Waals surface area contributed by atoms with Crippen LogP contribution in [0.5, 0.6) is 0 Å². The molecule has 0 saturated carbocycles. The topological polar surface area (TPSA) is 71.1 Å². The van der Waals surface area contributed by atoms with Gasteiger partial charge in [-0.2, -0.15) is 0 Å². The van der Waals surface area contributed by atoms with Crippen molar-refractivity contribution in [3.8, 4) is 0 Å². The number of nitrogens with zero attached hydrogens (tertiary/aromatic N) is 1. The number of allylic oxidation sites excluding steroid dienone is 3. The number of rotatable bonds is 3. The molecule has 2 aliphatic rings. The van der Waals surface area contributed by atoms with Crippen molar-refractivity contribution < 1.29 is 9.59 Å². The first-order valence-electron chi connectivity index (χ1n) is 9.06. The molecule has 5 nitrogen and oxygen atoms in total. The molecule has 1 aliphatic carbocycles. The molecule has 0 unspecified atom stereocenters. The molecule has 0 aromatic carbocycles. The maximum absolute atomic E-state index is 13.2. The zero-order valence-corrected chi connectivity index (χ0v) is 16.2. The molecule has 1 atom stereocenters. The number of thiophene rings is 1. The van der Waals surface area contributed by atoms with Gasteiger partial charge in [-0.3, -0.25) is 9.59 Å². The normalized spacial score (nSPS) is 19.6. The predicted molar refractivity (Wildman–Crippen MR) is 106 cm³/mol. The number of ketones is 1. The number of aromatic nitrogens is 1. The van der Waals surface area contributed by atoms with E-state index >= 15 is 0 Å². The fraction of sp³-hybridized carbons (Fsp3) is 0.286. The monoisotopic (exact) mass is 379 g/mol. The largest absolute Gasteiger partial charge is 0.362 e. The highest BCUT2D eigenvalue weighted by molar-refractivity contribution is 7.10. The molecule has 4 rings (SSSR count). The van der Waals surface area contributed by atoms with Gasteiger partial charge in [-0.1, -0.05) is 6.07 Å². The number of hydrogen-bond donors (Lipinski definition) is 2. The molecule has 0 saturated heterocycles. The summed E-state index contributed by atoms with van der Waals surface area (Å²) in [6, 6.07) is 7.43. The van der Waals surface area contributed by atoms with Crippen molar-refractivity contribution in [3.63, 3.8) is 0 Å². The first-order chi connectivity index (χ1) is 13.1. The summed E-state index contributed by atoms with van der Waals surface area (Å²) in [4.78, 5) is 31.3. The van der Waals surface area contributed by atoms with Crippen molar-refractivity contribution in [3.05, 3.63) is 68.8 Å². The second-order valence-electron chi connectivity index (χ2n) is 6.90. The highest BCUT2D eigenvalue weighted by atomic mass is 32.1. The first kappa shape index (κ1) is 17.7. The molecule has 1 aliphatic heterocycles. The first-order valence-corrected chi connectivity index (χ1v) is 9.94. The number of dihydropyridines is 1. The highest BCUT2D eigenvalue weighted by Gasteiger charge is 2.39. The standard InChI is InChI=1S/C21H21N3O2S/c1-12-9-11-27-20(12)19-17(21(26)24-16-8-3-4-10-22-16)13(2)23-14-6-5-7-15(25)18(14)19/h3-4,8-11,19,23H,5-7H2,1-2H3,(H,22,24,26)/t19-/m0/s1. The quantitative estimate of drug-likeness (QED) is 0.844. The molecular weight excluding hydrogens is 358 g/mol. The summed E-state index contributed by atoms with van der Waals surface area (Å²) in [5.74, 6) is 0.0931. The Morgan fingerprint density at radius 1 is 1.26 bits per heavy atom. The Morgan fingerprint density at radius 3 is 2.81 bits per heavy atom. The molecule has 0 radical (unpaired) electrons. The molecule has 3 heterocycles. The summed E-state index contributed by atoms with van der Waals surface area (Å²) in [5, 5.41) is 8.24. The number of Topliss-reactive ketones (excluding diaryl/α,β-unsaturated/α-hetero) is 1. The van der Waals surface area contributed by atoms with Crippen molar-refractivity contribution in [2.24, 2.45) is 0 Å². The van der Waals surface area contributed by atoms with Crippen LogP contribution in [-0.2, 0) is 9.59 Å². The molecule has 2 N–H and O–H groups in total. The summed E-state index contributed by atoms with van der Waals surface area (Å²) in [5.41, 5.74) is 4.22. The van der Waals surface area contributed by atoms with E-state index in [1.807, 2.05) is 31.4 Å². The Hall–Kier alpha value is -2.73. The third-order valence-corrected chi connectivity index (χ3v) is 6.17. The molecule has 2 aromatic rings. The van der Waals surface area contributed by atoms with E-state index in [4.69, 9.17) is 0 Å². The number of aryl methyl sites for hydroxylation is 1. The molecule has 2 aromatic heterocycles. The number of pyridine rings is 1. The molecule has 0 spiro atoms. The van der Waals surface area contributed by atoms with Gasteiger partial charge in [-0.05, 0) is 55.8 Å². The number of amides is 1. The van der Waals surface area contributed by atoms with Crippen molar-refractivity contribution in [1.82, 2.24) is 10.3 Å². The van der Waals surface area contributed by atoms with Gasteiger partial charge < -0.3 is 10.6 Å². The van der Waals surface area contributed by atoms with Crippen LogP contribution in [0, 0.1) is 6.92 Å². The van der Waals surface area contributed by atoms with Crippen molar-refractivity contribution in [1.29, 1.82) is 0 Å². The SMILES string of the molecule is CC1=C(C(=O)Nc2ccccn2)[C@H](c2sccc2C)C2=C(CCCC2=O)N1. The van der Waals surface area contributed by atoms with E-state index in [1.54, 1.807) is 29.7 Å². The second-order valence-corrected chi connectivity index (χ2v) is 7.85. The number of hydrogen-bond acceptors (Lipinski definition) is 5. The van der Waals surface area contributed by atoms with Crippen LogP contribution in [-0.4, -0.2) is 16.7 Å². The van der Waals surface area contributed by atoms with Crippen LogP contribution in [0.3, 0.4) is 0 Å². The van der Waals surface area contributed by atoms with Gasteiger partial charge in [-0.25, -0.2) is 4.98 Å². The average molecular weight is 379 g/mol. The lowest BCUT2D eigenvalue weighted by atomic mass is 9.77. The Kier molecular flexibility index (Phi) is 4.66. The van der Waals surface area contributed by atoms with E-state index in [-0.39, 0.29) is 17.6 Å². The summed E-state index contributed by atoms with van der Waals surface area (Å²) in [6.45, 7) is 3.94. The van der Waals surface area contributed by atoms with Crippen LogP contribution in [0.1, 0.15) is 42.5 Å². The summed E-state index contributed by atoms with van der Waals surface area (Å²) in [7, 11) is 0. The number of nitrogens with one attached hydrogen (secondary N) is 2. The maximum Gasteiger partial charge on any atom is 0.255 e. The van der Waals surface area contributed by atoms with Crippen molar-refractivity contribution in [2.75, 3.05) is 5.32 Å². The number of carbonyl (C=O) groups is 2. The molecule has 138 valence electrons. The van der Waals surface area contributed by atoms with Crippen LogP contribution in [0.2, 0.25) is 0 Å². The average Bonchev–Trinajstić information content (AvgIpc) is 3.07. The summed E-state index contributed by atoms with van der Waals surface area (Å²) >= 11 is 1.60. The van der Waals surface area contributed by atoms with E-state index < -0.39 is 0 Å². The Morgan fingerprint density at radius 2 is 2.11 bits per heavy atom.